The van der Waals surface area contributed by atoms with Crippen LogP contribution in [0.2, 0.25) is 0 Å². The molecule has 0 amide bonds. The molecule has 0 radical (unpaired) electrons. The van der Waals surface area contributed by atoms with Gasteiger partial charge in [0, 0.05) is 30.0 Å². The minimum atomic E-state index is 0.0643. The van der Waals surface area contributed by atoms with Gasteiger partial charge in [0.25, 0.3) is 0 Å². The molecule has 2 heterocycles. The zero-order chi connectivity index (χ0) is 13.7. The number of nitrogens with one attached hydrogen (secondary N) is 1. The van der Waals surface area contributed by atoms with Crippen molar-refractivity contribution in [2.45, 2.75) is 32.9 Å². The number of nitrogens with zero attached hydrogens (tertiary/aromatic N) is 2. The van der Waals surface area contributed by atoms with E-state index in [1.54, 1.807) is 24.8 Å². The molecule has 2 aromatic heterocycles. The summed E-state index contributed by atoms with van der Waals surface area (Å²) in [6.45, 7) is 7.14. The maximum Gasteiger partial charge on any atom is 0.150 e. The van der Waals surface area contributed by atoms with Crippen molar-refractivity contribution in [1.82, 2.24) is 15.3 Å². The lowest BCUT2D eigenvalue weighted by atomic mass is 10.1. The van der Waals surface area contributed by atoms with Crippen LogP contribution in [-0.2, 0) is 6.54 Å². The van der Waals surface area contributed by atoms with Crippen LogP contribution in [0, 0.1) is 0 Å². The van der Waals surface area contributed by atoms with Gasteiger partial charge in [-0.1, -0.05) is 0 Å². The molecule has 0 atom stereocenters. The van der Waals surface area contributed by atoms with E-state index >= 15 is 0 Å². The second-order valence-electron chi connectivity index (χ2n) is 5.38. The van der Waals surface area contributed by atoms with Crippen molar-refractivity contribution in [3.63, 3.8) is 0 Å². The van der Waals surface area contributed by atoms with Gasteiger partial charge in [-0.15, -0.1) is 0 Å². The molecule has 0 aliphatic heterocycles. The van der Waals surface area contributed by atoms with Crippen LogP contribution in [0.5, 0.6) is 11.5 Å². The fraction of sp³-hybridized carbons (Fsp3) is 0.333. The highest BCUT2D eigenvalue weighted by molar-refractivity contribution is 5.34. The SMILES string of the molecule is CC(C)(C)NCc1ccncc1Oc1cccnc1. The van der Waals surface area contributed by atoms with Crippen molar-refractivity contribution in [1.29, 1.82) is 0 Å². The molecular weight excluding hydrogens is 238 g/mol. The topological polar surface area (TPSA) is 47.0 Å². The Hall–Kier alpha value is -1.94. The number of rotatable bonds is 4. The summed E-state index contributed by atoms with van der Waals surface area (Å²) in [5, 5.41) is 3.44. The predicted octanol–water partition coefficient (Wildman–Crippen LogP) is 3.16. The molecule has 1 N–H and O–H groups in total. The molecule has 4 heteroatoms. The van der Waals surface area contributed by atoms with Gasteiger partial charge in [0.1, 0.15) is 11.5 Å². The lowest BCUT2D eigenvalue weighted by Crippen LogP contribution is -2.35. The number of hydrogen-bond acceptors (Lipinski definition) is 4. The highest BCUT2D eigenvalue weighted by Gasteiger charge is 2.11. The average molecular weight is 257 g/mol. The van der Waals surface area contributed by atoms with E-state index in [1.807, 2.05) is 18.2 Å². The summed E-state index contributed by atoms with van der Waals surface area (Å²) in [6, 6.07) is 5.68. The van der Waals surface area contributed by atoms with E-state index in [1.165, 1.54) is 0 Å². The Labute approximate surface area is 113 Å². The average Bonchev–Trinajstić information content (AvgIpc) is 2.38. The summed E-state index contributed by atoms with van der Waals surface area (Å²) in [4.78, 5) is 8.15. The number of aromatic nitrogens is 2. The van der Waals surface area contributed by atoms with E-state index in [-0.39, 0.29) is 5.54 Å². The van der Waals surface area contributed by atoms with Gasteiger partial charge in [-0.3, -0.25) is 9.97 Å². The Kier molecular flexibility index (Phi) is 4.12. The second kappa shape index (κ2) is 5.80. The molecule has 0 unspecified atom stereocenters. The van der Waals surface area contributed by atoms with Gasteiger partial charge in [0.05, 0.1) is 12.4 Å². The van der Waals surface area contributed by atoms with Gasteiger partial charge in [-0.25, -0.2) is 0 Å². The molecule has 0 saturated heterocycles. The van der Waals surface area contributed by atoms with Crippen LogP contribution < -0.4 is 10.1 Å². The van der Waals surface area contributed by atoms with E-state index in [4.69, 9.17) is 4.74 Å². The molecule has 0 bridgehead atoms. The second-order valence-corrected chi connectivity index (χ2v) is 5.38. The van der Waals surface area contributed by atoms with Gasteiger partial charge in [0.2, 0.25) is 0 Å². The van der Waals surface area contributed by atoms with Crippen LogP contribution in [-0.4, -0.2) is 15.5 Å². The first-order valence-corrected chi connectivity index (χ1v) is 6.30. The van der Waals surface area contributed by atoms with Crippen molar-refractivity contribution >= 4 is 0 Å². The Morgan fingerprint density at radius 3 is 2.58 bits per heavy atom. The number of pyridine rings is 2. The first-order chi connectivity index (χ1) is 9.04. The molecule has 2 rings (SSSR count). The van der Waals surface area contributed by atoms with Gasteiger partial charge < -0.3 is 10.1 Å². The van der Waals surface area contributed by atoms with E-state index in [2.05, 4.69) is 36.1 Å². The molecular formula is C15H19N3O. The summed E-state index contributed by atoms with van der Waals surface area (Å²) in [5.74, 6) is 1.47. The Balaban J connectivity index is 2.12. The van der Waals surface area contributed by atoms with Gasteiger partial charge in [-0.2, -0.15) is 0 Å². The standard InChI is InChI=1S/C15H19N3O/c1-15(2,3)18-9-12-6-8-17-11-14(12)19-13-5-4-7-16-10-13/h4-8,10-11,18H,9H2,1-3H3. The number of hydrogen-bond donors (Lipinski definition) is 1. The highest BCUT2D eigenvalue weighted by atomic mass is 16.5. The fourth-order valence-electron chi connectivity index (χ4n) is 1.54. The summed E-state index contributed by atoms with van der Waals surface area (Å²) in [7, 11) is 0. The van der Waals surface area contributed by atoms with E-state index in [9.17, 15) is 0 Å². The molecule has 0 saturated carbocycles. The van der Waals surface area contributed by atoms with Gasteiger partial charge in [0.15, 0.2) is 0 Å². The van der Waals surface area contributed by atoms with Crippen molar-refractivity contribution in [3.8, 4) is 11.5 Å². The lowest BCUT2D eigenvalue weighted by Gasteiger charge is -2.21. The first kappa shape index (κ1) is 13.5. The maximum atomic E-state index is 5.81. The van der Waals surface area contributed by atoms with Gasteiger partial charge in [-0.05, 0) is 39.0 Å². The smallest absolute Gasteiger partial charge is 0.150 e. The Bertz CT molecular complexity index is 520. The molecule has 19 heavy (non-hydrogen) atoms. The van der Waals surface area contributed by atoms with Crippen molar-refractivity contribution in [2.75, 3.05) is 0 Å². The minimum Gasteiger partial charge on any atom is -0.454 e. The van der Waals surface area contributed by atoms with E-state index in [0.717, 1.165) is 17.9 Å². The number of ether oxygens (including phenoxy) is 1. The van der Waals surface area contributed by atoms with Crippen LogP contribution in [0.25, 0.3) is 0 Å². The summed E-state index contributed by atoms with van der Waals surface area (Å²) >= 11 is 0. The normalized spacial score (nSPS) is 11.3. The molecule has 0 aliphatic rings. The third kappa shape index (κ3) is 4.34. The predicted molar refractivity (Wildman–Crippen MR) is 75.1 cm³/mol. The maximum absolute atomic E-state index is 5.81. The third-order valence-electron chi connectivity index (χ3n) is 2.54. The van der Waals surface area contributed by atoms with E-state index in [0.29, 0.717) is 5.75 Å². The quantitative estimate of drug-likeness (QED) is 0.914. The first-order valence-electron chi connectivity index (χ1n) is 6.30. The molecule has 100 valence electrons. The fourth-order valence-corrected chi connectivity index (χ4v) is 1.54. The summed E-state index contributed by atoms with van der Waals surface area (Å²) < 4.78 is 5.81. The molecule has 4 nitrogen and oxygen atoms in total. The molecule has 0 aliphatic carbocycles. The van der Waals surface area contributed by atoms with Crippen LogP contribution in [0.4, 0.5) is 0 Å². The van der Waals surface area contributed by atoms with Crippen LogP contribution >= 0.6 is 0 Å². The van der Waals surface area contributed by atoms with E-state index < -0.39 is 0 Å². The zero-order valence-corrected chi connectivity index (χ0v) is 11.6. The minimum absolute atomic E-state index is 0.0643. The molecule has 0 aromatic carbocycles. The molecule has 2 aromatic rings. The van der Waals surface area contributed by atoms with Crippen LogP contribution in [0.15, 0.2) is 43.0 Å². The highest BCUT2D eigenvalue weighted by Crippen LogP contribution is 2.23. The summed E-state index contributed by atoms with van der Waals surface area (Å²) in [5.41, 5.74) is 1.14. The largest absolute Gasteiger partial charge is 0.454 e. The summed E-state index contributed by atoms with van der Waals surface area (Å²) in [6.07, 6.45) is 6.91. The van der Waals surface area contributed by atoms with Crippen molar-refractivity contribution < 1.29 is 4.74 Å². The van der Waals surface area contributed by atoms with Crippen molar-refractivity contribution in [2.24, 2.45) is 0 Å². The van der Waals surface area contributed by atoms with Crippen LogP contribution in [0.1, 0.15) is 26.3 Å². The van der Waals surface area contributed by atoms with Gasteiger partial charge >= 0.3 is 0 Å². The Morgan fingerprint density at radius 2 is 1.89 bits per heavy atom. The lowest BCUT2D eigenvalue weighted by molar-refractivity contribution is 0.413. The molecule has 0 spiro atoms. The third-order valence-corrected chi connectivity index (χ3v) is 2.54. The van der Waals surface area contributed by atoms with Crippen LogP contribution in [0.3, 0.4) is 0 Å². The zero-order valence-electron chi connectivity index (χ0n) is 11.6. The van der Waals surface area contributed by atoms with Crippen molar-refractivity contribution in [3.05, 3.63) is 48.5 Å². The molecule has 0 fully saturated rings. The Morgan fingerprint density at radius 1 is 1.11 bits per heavy atom. The monoisotopic (exact) mass is 257 g/mol.